The summed E-state index contributed by atoms with van der Waals surface area (Å²) in [7, 11) is 1.66. The lowest BCUT2D eigenvalue weighted by Crippen LogP contribution is -2.32. The van der Waals surface area contributed by atoms with Crippen LogP contribution in [-0.2, 0) is 17.8 Å². The van der Waals surface area contributed by atoms with E-state index in [4.69, 9.17) is 16.3 Å². The molecule has 0 aliphatic heterocycles. The van der Waals surface area contributed by atoms with Gasteiger partial charge in [-0.2, -0.15) is 0 Å². The molecule has 1 amide bonds. The van der Waals surface area contributed by atoms with Gasteiger partial charge in [-0.05, 0) is 54.7 Å². The van der Waals surface area contributed by atoms with Crippen LogP contribution in [-0.4, -0.2) is 24.0 Å². The number of nitrogens with zero attached hydrogens (tertiary/aromatic N) is 1. The maximum absolute atomic E-state index is 12.7. The van der Waals surface area contributed by atoms with Crippen molar-refractivity contribution in [2.75, 3.05) is 7.11 Å². The van der Waals surface area contributed by atoms with Crippen molar-refractivity contribution >= 4 is 17.5 Å². The molecular weight excluding hydrogens is 322 g/mol. The predicted molar refractivity (Wildman–Crippen MR) is 96.3 cm³/mol. The van der Waals surface area contributed by atoms with Crippen molar-refractivity contribution in [2.24, 2.45) is 0 Å². The maximum Gasteiger partial charge on any atom is 0.223 e. The molecule has 3 rings (SSSR count). The fourth-order valence-electron chi connectivity index (χ4n) is 2.78. The largest absolute Gasteiger partial charge is 0.497 e. The zero-order valence-electron chi connectivity index (χ0n) is 13.9. The molecule has 1 fully saturated rings. The van der Waals surface area contributed by atoms with Gasteiger partial charge >= 0.3 is 0 Å². The number of amides is 1. The minimum absolute atomic E-state index is 0.225. The molecule has 0 bridgehead atoms. The number of rotatable bonds is 7. The first-order chi connectivity index (χ1) is 11.7. The van der Waals surface area contributed by atoms with Gasteiger partial charge in [0.1, 0.15) is 5.75 Å². The first-order valence-corrected chi connectivity index (χ1v) is 8.70. The Bertz CT molecular complexity index is 678. The normalized spacial score (nSPS) is 13.6. The van der Waals surface area contributed by atoms with E-state index in [2.05, 4.69) is 0 Å². The van der Waals surface area contributed by atoms with E-state index in [0.29, 0.717) is 19.0 Å². The van der Waals surface area contributed by atoms with Crippen molar-refractivity contribution in [3.63, 3.8) is 0 Å². The van der Waals surface area contributed by atoms with Gasteiger partial charge in [0.25, 0.3) is 0 Å². The summed E-state index contributed by atoms with van der Waals surface area (Å²) < 4.78 is 5.19. The van der Waals surface area contributed by atoms with Gasteiger partial charge in [0.2, 0.25) is 5.91 Å². The van der Waals surface area contributed by atoms with E-state index in [-0.39, 0.29) is 5.91 Å². The zero-order valence-corrected chi connectivity index (χ0v) is 14.6. The summed E-state index contributed by atoms with van der Waals surface area (Å²) in [6.45, 7) is 0.675. The number of carbonyl (C=O) groups excluding carboxylic acids is 1. The van der Waals surface area contributed by atoms with E-state index in [1.807, 2.05) is 53.4 Å². The van der Waals surface area contributed by atoms with E-state index in [0.717, 1.165) is 41.2 Å². The number of aryl methyl sites for hydroxylation is 1. The fraction of sp³-hybridized carbons (Fsp3) is 0.350. The van der Waals surface area contributed by atoms with Crippen LogP contribution < -0.4 is 4.74 Å². The lowest BCUT2D eigenvalue weighted by Gasteiger charge is -2.23. The Morgan fingerprint density at radius 1 is 1.08 bits per heavy atom. The second kappa shape index (κ2) is 7.71. The topological polar surface area (TPSA) is 29.5 Å². The number of methoxy groups -OCH3 is 1. The van der Waals surface area contributed by atoms with Crippen molar-refractivity contribution < 1.29 is 9.53 Å². The van der Waals surface area contributed by atoms with Gasteiger partial charge < -0.3 is 9.64 Å². The molecule has 4 heteroatoms. The molecule has 2 aromatic carbocycles. The molecule has 0 spiro atoms. The number of hydrogen-bond donors (Lipinski definition) is 0. The van der Waals surface area contributed by atoms with Crippen molar-refractivity contribution in [1.29, 1.82) is 0 Å². The van der Waals surface area contributed by atoms with Crippen LogP contribution >= 0.6 is 11.6 Å². The van der Waals surface area contributed by atoms with Gasteiger partial charge in [-0.25, -0.2) is 0 Å². The summed E-state index contributed by atoms with van der Waals surface area (Å²) in [5, 5.41) is 0.726. The summed E-state index contributed by atoms with van der Waals surface area (Å²) >= 11 is 5.90. The van der Waals surface area contributed by atoms with Crippen LogP contribution in [0.1, 0.15) is 30.4 Å². The van der Waals surface area contributed by atoms with Crippen LogP contribution in [0, 0.1) is 0 Å². The van der Waals surface area contributed by atoms with Crippen LogP contribution in [0.25, 0.3) is 0 Å². The second-order valence-corrected chi connectivity index (χ2v) is 6.66. The lowest BCUT2D eigenvalue weighted by molar-refractivity contribution is -0.132. The van der Waals surface area contributed by atoms with E-state index < -0.39 is 0 Å². The highest BCUT2D eigenvalue weighted by molar-refractivity contribution is 6.30. The first-order valence-electron chi connectivity index (χ1n) is 8.32. The first kappa shape index (κ1) is 16.8. The van der Waals surface area contributed by atoms with E-state index >= 15 is 0 Å². The van der Waals surface area contributed by atoms with Crippen molar-refractivity contribution in [3.05, 3.63) is 64.7 Å². The Kier molecular flexibility index (Phi) is 5.41. The maximum atomic E-state index is 12.7. The Hall–Kier alpha value is -2.00. The third-order valence-corrected chi connectivity index (χ3v) is 4.61. The number of halogens is 1. The summed E-state index contributed by atoms with van der Waals surface area (Å²) in [6.07, 6.45) is 3.52. The van der Waals surface area contributed by atoms with Crippen LogP contribution in [0.3, 0.4) is 0 Å². The second-order valence-electron chi connectivity index (χ2n) is 6.23. The van der Waals surface area contributed by atoms with Crippen LogP contribution in [0.4, 0.5) is 0 Å². The quantitative estimate of drug-likeness (QED) is 0.742. The van der Waals surface area contributed by atoms with Crippen molar-refractivity contribution in [1.82, 2.24) is 4.90 Å². The molecule has 0 radical (unpaired) electrons. The highest BCUT2D eigenvalue weighted by atomic mass is 35.5. The molecular formula is C20H22ClNO2. The van der Waals surface area contributed by atoms with Gasteiger partial charge in [-0.15, -0.1) is 0 Å². The minimum Gasteiger partial charge on any atom is -0.497 e. The molecule has 126 valence electrons. The molecule has 0 N–H and O–H groups in total. The van der Waals surface area contributed by atoms with E-state index in [1.54, 1.807) is 7.11 Å². The van der Waals surface area contributed by atoms with Crippen LogP contribution in [0.2, 0.25) is 5.02 Å². The minimum atomic E-state index is 0.225. The van der Waals surface area contributed by atoms with Gasteiger partial charge in [-0.1, -0.05) is 35.9 Å². The highest BCUT2D eigenvalue weighted by Gasteiger charge is 2.32. The van der Waals surface area contributed by atoms with E-state index in [1.165, 1.54) is 0 Å². The SMILES string of the molecule is COc1ccc(CN(C(=O)CCc2ccc(Cl)cc2)C2CC2)cc1. The third kappa shape index (κ3) is 4.51. The molecule has 0 aromatic heterocycles. The standard InChI is InChI=1S/C20H22ClNO2/c1-24-19-11-4-16(5-12-19)14-22(18-9-10-18)20(23)13-6-15-2-7-17(21)8-3-15/h2-5,7-8,11-12,18H,6,9-10,13-14H2,1H3. The number of hydrogen-bond acceptors (Lipinski definition) is 2. The third-order valence-electron chi connectivity index (χ3n) is 4.36. The summed E-state index contributed by atoms with van der Waals surface area (Å²) in [5.74, 6) is 1.06. The van der Waals surface area contributed by atoms with E-state index in [9.17, 15) is 4.79 Å². The van der Waals surface area contributed by atoms with Crippen LogP contribution in [0.5, 0.6) is 5.75 Å². The van der Waals surface area contributed by atoms with Crippen molar-refractivity contribution in [2.45, 2.75) is 38.3 Å². The smallest absolute Gasteiger partial charge is 0.223 e. The van der Waals surface area contributed by atoms with Gasteiger partial charge in [-0.3, -0.25) is 4.79 Å². The summed E-state index contributed by atoms with van der Waals surface area (Å²) in [6, 6.07) is 16.1. The van der Waals surface area contributed by atoms with Crippen molar-refractivity contribution in [3.8, 4) is 5.75 Å². The highest BCUT2D eigenvalue weighted by Crippen LogP contribution is 2.29. The lowest BCUT2D eigenvalue weighted by atomic mass is 10.1. The Balaban J connectivity index is 1.59. The van der Waals surface area contributed by atoms with Gasteiger partial charge in [0.05, 0.1) is 7.11 Å². The molecule has 1 saturated carbocycles. The Morgan fingerprint density at radius 3 is 2.29 bits per heavy atom. The molecule has 0 unspecified atom stereocenters. The molecule has 2 aromatic rings. The molecule has 0 atom stereocenters. The molecule has 3 nitrogen and oxygen atoms in total. The number of ether oxygens (including phenoxy) is 1. The number of carbonyl (C=O) groups is 1. The summed E-state index contributed by atoms with van der Waals surface area (Å²) in [4.78, 5) is 14.7. The fourth-order valence-corrected chi connectivity index (χ4v) is 2.91. The Morgan fingerprint density at radius 2 is 1.71 bits per heavy atom. The Labute approximate surface area is 148 Å². The molecule has 24 heavy (non-hydrogen) atoms. The average Bonchev–Trinajstić information content (AvgIpc) is 3.44. The van der Waals surface area contributed by atoms with Gasteiger partial charge in [0.15, 0.2) is 0 Å². The molecule has 0 heterocycles. The average molecular weight is 344 g/mol. The van der Waals surface area contributed by atoms with Gasteiger partial charge in [0, 0.05) is 24.0 Å². The molecule has 0 saturated heterocycles. The van der Waals surface area contributed by atoms with Crippen LogP contribution in [0.15, 0.2) is 48.5 Å². The monoisotopic (exact) mass is 343 g/mol. The molecule has 1 aliphatic rings. The number of benzene rings is 2. The molecule has 1 aliphatic carbocycles. The zero-order chi connectivity index (χ0) is 16.9. The summed E-state index contributed by atoms with van der Waals surface area (Å²) in [5.41, 5.74) is 2.29. The predicted octanol–water partition coefficient (Wildman–Crippen LogP) is 4.47.